The number of aryl methyl sites for hydroxylation is 2. The van der Waals surface area contributed by atoms with Crippen LogP contribution in [-0.4, -0.2) is 64.4 Å². The number of hydrogen-bond acceptors (Lipinski definition) is 4. The summed E-state index contributed by atoms with van der Waals surface area (Å²) in [5, 5.41) is 7.52. The maximum atomic E-state index is 13.0. The Labute approximate surface area is 170 Å². The minimum absolute atomic E-state index is 0.0815. The van der Waals surface area contributed by atoms with E-state index in [0.717, 1.165) is 28.1 Å². The molecule has 0 atom stereocenters. The molecular weight excluding hydrogens is 370 g/mol. The van der Waals surface area contributed by atoms with Gasteiger partial charge >= 0.3 is 6.03 Å². The van der Waals surface area contributed by atoms with E-state index in [1.165, 1.54) is 0 Å². The number of urea groups is 1. The number of carbonyl (C=O) groups is 2. The van der Waals surface area contributed by atoms with Gasteiger partial charge in [0, 0.05) is 50.0 Å². The fourth-order valence-electron chi connectivity index (χ4n) is 3.93. The van der Waals surface area contributed by atoms with Gasteiger partial charge in [0.1, 0.15) is 0 Å². The van der Waals surface area contributed by atoms with Crippen molar-refractivity contribution in [3.63, 3.8) is 0 Å². The van der Waals surface area contributed by atoms with Crippen LogP contribution in [0.2, 0.25) is 0 Å². The number of carbonyl (C=O) groups excluding carboxylic acids is 2. The first kappa shape index (κ1) is 19.4. The Morgan fingerprint density at radius 2 is 1.86 bits per heavy atom. The molecule has 0 spiro atoms. The molecule has 2 aliphatic heterocycles. The van der Waals surface area contributed by atoms with Gasteiger partial charge in [-0.05, 0) is 31.0 Å². The summed E-state index contributed by atoms with van der Waals surface area (Å²) in [5.74, 6) is -0.0815. The van der Waals surface area contributed by atoms with Crippen LogP contribution in [-0.2, 0) is 24.8 Å². The van der Waals surface area contributed by atoms with E-state index in [2.05, 4.69) is 10.4 Å². The summed E-state index contributed by atoms with van der Waals surface area (Å²) in [6.07, 6.45) is 0.676. The van der Waals surface area contributed by atoms with Crippen molar-refractivity contribution in [3.8, 4) is 0 Å². The van der Waals surface area contributed by atoms with Crippen LogP contribution >= 0.6 is 0 Å². The highest BCUT2D eigenvalue weighted by Gasteiger charge is 2.31. The number of nitrogens with one attached hydrogen (secondary N) is 1. The summed E-state index contributed by atoms with van der Waals surface area (Å²) in [6.45, 7) is 7.23. The first-order chi connectivity index (χ1) is 14.0. The van der Waals surface area contributed by atoms with E-state index in [4.69, 9.17) is 4.74 Å². The summed E-state index contributed by atoms with van der Waals surface area (Å²) in [6, 6.07) is 5.72. The number of anilines is 1. The van der Waals surface area contributed by atoms with Crippen molar-refractivity contribution in [3.05, 3.63) is 46.3 Å². The van der Waals surface area contributed by atoms with Crippen LogP contribution < -0.4 is 5.32 Å². The van der Waals surface area contributed by atoms with Gasteiger partial charge in [0.05, 0.1) is 19.8 Å². The predicted octanol–water partition coefficient (Wildman–Crippen LogP) is 2.10. The average Bonchev–Trinajstić information content (AvgIpc) is 3.07. The molecule has 1 fully saturated rings. The standard InChI is InChI=1S/C21H27N5O3/c1-14-5-4-6-17(15(14)2)22-21(28)26-8-7-18-16(13-26)19(23-24(18)3)20(27)25-9-11-29-12-10-25/h4-6H,7-13H2,1-3H3,(H,22,28). The molecule has 0 aliphatic carbocycles. The number of benzene rings is 1. The molecule has 1 N–H and O–H groups in total. The number of aromatic nitrogens is 2. The Balaban J connectivity index is 1.53. The van der Waals surface area contributed by atoms with Crippen LogP contribution in [0.1, 0.15) is 32.9 Å². The molecule has 0 unspecified atom stereocenters. The molecule has 154 valence electrons. The van der Waals surface area contributed by atoms with Gasteiger partial charge in [0.25, 0.3) is 5.91 Å². The third-order valence-corrected chi connectivity index (χ3v) is 5.88. The van der Waals surface area contributed by atoms with E-state index < -0.39 is 0 Å². The van der Waals surface area contributed by atoms with E-state index >= 15 is 0 Å². The highest BCUT2D eigenvalue weighted by atomic mass is 16.5. The van der Waals surface area contributed by atoms with Crippen LogP contribution in [0.4, 0.5) is 10.5 Å². The molecular formula is C21H27N5O3. The lowest BCUT2D eigenvalue weighted by molar-refractivity contribution is 0.0297. The average molecular weight is 397 g/mol. The molecule has 1 aromatic heterocycles. The van der Waals surface area contributed by atoms with Crippen LogP contribution in [0.3, 0.4) is 0 Å². The van der Waals surface area contributed by atoms with E-state index in [1.807, 2.05) is 39.1 Å². The van der Waals surface area contributed by atoms with Crippen molar-refractivity contribution in [2.75, 3.05) is 38.2 Å². The second-order valence-electron chi connectivity index (χ2n) is 7.65. The molecule has 3 heterocycles. The maximum absolute atomic E-state index is 13.0. The first-order valence-electron chi connectivity index (χ1n) is 9.99. The van der Waals surface area contributed by atoms with Gasteiger partial charge in [-0.2, -0.15) is 5.10 Å². The van der Waals surface area contributed by atoms with Gasteiger partial charge in [0.2, 0.25) is 0 Å². The molecule has 2 aromatic rings. The number of hydrogen-bond donors (Lipinski definition) is 1. The summed E-state index contributed by atoms with van der Waals surface area (Å²) in [7, 11) is 1.86. The third-order valence-electron chi connectivity index (χ3n) is 5.88. The Morgan fingerprint density at radius 1 is 1.10 bits per heavy atom. The zero-order chi connectivity index (χ0) is 20.5. The van der Waals surface area contributed by atoms with Gasteiger partial charge < -0.3 is 19.9 Å². The lowest BCUT2D eigenvalue weighted by atomic mass is 10.0. The van der Waals surface area contributed by atoms with Gasteiger partial charge in [-0.15, -0.1) is 0 Å². The summed E-state index contributed by atoms with van der Waals surface area (Å²) in [4.78, 5) is 29.4. The third kappa shape index (κ3) is 3.72. The number of fused-ring (bicyclic) bond motifs is 1. The Morgan fingerprint density at radius 3 is 2.62 bits per heavy atom. The first-order valence-corrected chi connectivity index (χ1v) is 9.99. The van der Waals surface area contributed by atoms with E-state index in [1.54, 1.807) is 14.5 Å². The molecule has 3 amide bonds. The van der Waals surface area contributed by atoms with E-state index in [-0.39, 0.29) is 11.9 Å². The van der Waals surface area contributed by atoms with Crippen LogP contribution in [0.25, 0.3) is 0 Å². The van der Waals surface area contributed by atoms with Crippen molar-refractivity contribution in [2.24, 2.45) is 7.05 Å². The molecule has 2 aliphatic rings. The minimum atomic E-state index is -0.155. The minimum Gasteiger partial charge on any atom is -0.378 e. The highest BCUT2D eigenvalue weighted by molar-refractivity contribution is 5.95. The smallest absolute Gasteiger partial charge is 0.322 e. The number of ether oxygens (including phenoxy) is 1. The van der Waals surface area contributed by atoms with Gasteiger partial charge in [-0.3, -0.25) is 9.48 Å². The van der Waals surface area contributed by atoms with Gasteiger partial charge in [-0.1, -0.05) is 12.1 Å². The van der Waals surface area contributed by atoms with Crippen LogP contribution in [0, 0.1) is 13.8 Å². The molecule has 4 rings (SSSR count). The normalized spacial score (nSPS) is 16.5. The summed E-state index contributed by atoms with van der Waals surface area (Å²) < 4.78 is 7.13. The Kier molecular flexibility index (Phi) is 5.27. The fraction of sp³-hybridized carbons (Fsp3) is 0.476. The fourth-order valence-corrected chi connectivity index (χ4v) is 3.93. The summed E-state index contributed by atoms with van der Waals surface area (Å²) in [5.41, 5.74) is 5.34. The van der Waals surface area contributed by atoms with Crippen molar-refractivity contribution in [1.82, 2.24) is 19.6 Å². The molecule has 1 saturated heterocycles. The van der Waals surface area contributed by atoms with Crippen molar-refractivity contribution in [1.29, 1.82) is 0 Å². The highest BCUT2D eigenvalue weighted by Crippen LogP contribution is 2.25. The molecule has 1 aromatic carbocycles. The number of nitrogens with zero attached hydrogens (tertiary/aromatic N) is 4. The quantitative estimate of drug-likeness (QED) is 0.842. The number of morpholine rings is 1. The predicted molar refractivity (Wildman–Crippen MR) is 109 cm³/mol. The molecule has 8 heteroatoms. The zero-order valence-electron chi connectivity index (χ0n) is 17.2. The van der Waals surface area contributed by atoms with Crippen LogP contribution in [0.15, 0.2) is 18.2 Å². The zero-order valence-corrected chi connectivity index (χ0v) is 17.2. The lowest BCUT2D eigenvalue weighted by Gasteiger charge is -2.29. The van der Waals surface area contributed by atoms with Gasteiger partial charge in [-0.25, -0.2) is 4.79 Å². The number of amides is 3. The second kappa shape index (κ2) is 7.87. The molecule has 0 radical (unpaired) electrons. The van der Waals surface area contributed by atoms with Gasteiger partial charge in [0.15, 0.2) is 5.69 Å². The molecule has 29 heavy (non-hydrogen) atoms. The summed E-state index contributed by atoms with van der Waals surface area (Å²) >= 11 is 0. The van der Waals surface area contributed by atoms with E-state index in [9.17, 15) is 9.59 Å². The van der Waals surface area contributed by atoms with E-state index in [0.29, 0.717) is 51.5 Å². The van der Waals surface area contributed by atoms with Crippen molar-refractivity contribution in [2.45, 2.75) is 26.8 Å². The monoisotopic (exact) mass is 397 g/mol. The SMILES string of the molecule is Cc1cccc(NC(=O)N2CCc3c(c(C(=O)N4CCOCC4)nn3C)C2)c1C. The number of rotatable bonds is 2. The Bertz CT molecular complexity index is 946. The second-order valence-corrected chi connectivity index (χ2v) is 7.65. The topological polar surface area (TPSA) is 79.7 Å². The van der Waals surface area contributed by atoms with Crippen LogP contribution in [0.5, 0.6) is 0 Å². The van der Waals surface area contributed by atoms with Crippen molar-refractivity contribution < 1.29 is 14.3 Å². The lowest BCUT2D eigenvalue weighted by Crippen LogP contribution is -2.42. The maximum Gasteiger partial charge on any atom is 0.322 e. The largest absolute Gasteiger partial charge is 0.378 e. The van der Waals surface area contributed by atoms with Crippen molar-refractivity contribution >= 4 is 17.6 Å². The Hall–Kier alpha value is -2.87. The molecule has 0 bridgehead atoms. The molecule has 0 saturated carbocycles. The molecule has 8 nitrogen and oxygen atoms in total.